The van der Waals surface area contributed by atoms with Crippen molar-refractivity contribution in [2.45, 2.75) is 13.3 Å². The number of anilines is 1. The normalized spacial score (nSPS) is 15.8. The van der Waals surface area contributed by atoms with E-state index in [1.165, 1.54) is 11.8 Å². The van der Waals surface area contributed by atoms with Gasteiger partial charge in [0.1, 0.15) is 5.75 Å². The smallest absolute Gasteiger partial charge is 0.270 e. The lowest BCUT2D eigenvalue weighted by atomic mass is 10.2. The van der Waals surface area contributed by atoms with Gasteiger partial charge in [-0.3, -0.25) is 9.69 Å². The summed E-state index contributed by atoms with van der Waals surface area (Å²) in [5.41, 5.74) is 1.60. The van der Waals surface area contributed by atoms with Crippen LogP contribution in [0.25, 0.3) is 6.08 Å². The number of thioether (sulfide) groups is 1. The number of thiocarbonyl (C=S) groups is 1. The quantitative estimate of drug-likeness (QED) is 0.342. The van der Waals surface area contributed by atoms with Crippen molar-refractivity contribution in [3.63, 3.8) is 0 Å². The van der Waals surface area contributed by atoms with Gasteiger partial charge in [0.15, 0.2) is 4.32 Å². The van der Waals surface area contributed by atoms with Gasteiger partial charge in [-0.15, -0.1) is 0 Å². The lowest BCUT2D eigenvalue weighted by molar-refractivity contribution is -0.113. The molecule has 1 fully saturated rings. The van der Waals surface area contributed by atoms with Gasteiger partial charge in [-0.25, -0.2) is 0 Å². The van der Waals surface area contributed by atoms with Crippen molar-refractivity contribution in [2.75, 3.05) is 11.5 Å². The molecule has 0 spiro atoms. The van der Waals surface area contributed by atoms with E-state index in [0.717, 1.165) is 32.4 Å². The predicted octanol–water partition coefficient (Wildman–Crippen LogP) is 6.41. The number of carbonyl (C=O) groups is 1. The zero-order valence-corrected chi connectivity index (χ0v) is 18.7. The highest BCUT2D eigenvalue weighted by molar-refractivity contribution is 9.10. The van der Waals surface area contributed by atoms with Crippen molar-refractivity contribution < 1.29 is 9.53 Å². The number of ether oxygens (including phenoxy) is 1. The van der Waals surface area contributed by atoms with Gasteiger partial charge in [0, 0.05) is 14.5 Å². The number of nitrogens with zero attached hydrogens (tertiary/aromatic N) is 1. The van der Waals surface area contributed by atoms with E-state index < -0.39 is 0 Å². The summed E-state index contributed by atoms with van der Waals surface area (Å²) in [6.45, 7) is 2.68. The fraction of sp³-hybridized carbons (Fsp3) is 0.158. The second-order valence-corrected chi connectivity index (χ2v) is 9.03. The summed E-state index contributed by atoms with van der Waals surface area (Å²) in [4.78, 5) is 15.1. The molecule has 7 heteroatoms. The Kier molecular flexibility index (Phi) is 6.55. The Hall–Kier alpha value is -1.15. The lowest BCUT2D eigenvalue weighted by Crippen LogP contribution is -2.27. The molecule has 26 heavy (non-hydrogen) atoms. The number of rotatable bonds is 5. The van der Waals surface area contributed by atoms with E-state index in [4.69, 9.17) is 17.0 Å². The molecule has 2 aromatic rings. The summed E-state index contributed by atoms with van der Waals surface area (Å²) in [5.74, 6) is 0.627. The van der Waals surface area contributed by atoms with E-state index >= 15 is 0 Å². The molecule has 0 N–H and O–H groups in total. The lowest BCUT2D eigenvalue weighted by Gasteiger charge is -2.14. The minimum atomic E-state index is -0.125. The average Bonchev–Trinajstić information content (AvgIpc) is 2.88. The van der Waals surface area contributed by atoms with Crippen molar-refractivity contribution in [2.24, 2.45) is 0 Å². The summed E-state index contributed by atoms with van der Waals surface area (Å²) >= 11 is 13.6. The minimum absolute atomic E-state index is 0.125. The maximum atomic E-state index is 12.9. The second-order valence-electron chi connectivity index (χ2n) is 5.53. The fourth-order valence-corrected chi connectivity index (χ4v) is 4.48. The molecular formula is C19H15Br2NO2S2. The van der Waals surface area contributed by atoms with Crippen LogP contribution in [0.2, 0.25) is 0 Å². The molecule has 0 radical (unpaired) electrons. The Bertz CT molecular complexity index is 899. The number of carbonyl (C=O) groups excluding carboxylic acids is 1. The van der Waals surface area contributed by atoms with Crippen molar-refractivity contribution in [3.05, 3.63) is 61.9 Å². The number of halogens is 2. The van der Waals surface area contributed by atoms with Crippen LogP contribution in [0.5, 0.6) is 5.75 Å². The molecule has 1 heterocycles. The van der Waals surface area contributed by atoms with Gasteiger partial charge < -0.3 is 4.74 Å². The largest absolute Gasteiger partial charge is 0.493 e. The maximum absolute atomic E-state index is 12.9. The van der Waals surface area contributed by atoms with Crippen molar-refractivity contribution in [3.8, 4) is 5.75 Å². The Labute approximate surface area is 179 Å². The molecule has 0 aromatic heterocycles. The number of hydrogen-bond donors (Lipinski definition) is 0. The van der Waals surface area contributed by atoms with Crippen molar-refractivity contribution in [1.82, 2.24) is 0 Å². The first-order valence-corrected chi connectivity index (χ1v) is 10.8. The number of benzene rings is 2. The van der Waals surface area contributed by atoms with Crippen LogP contribution in [0.1, 0.15) is 18.9 Å². The maximum Gasteiger partial charge on any atom is 0.270 e. The molecule has 0 bridgehead atoms. The topological polar surface area (TPSA) is 29.5 Å². The third-order valence-corrected chi connectivity index (χ3v) is 5.87. The second kappa shape index (κ2) is 8.69. The molecule has 1 aliphatic rings. The third kappa shape index (κ3) is 4.39. The molecule has 3 rings (SSSR count). The van der Waals surface area contributed by atoms with Crippen molar-refractivity contribution >= 4 is 77.8 Å². The van der Waals surface area contributed by atoms with Gasteiger partial charge in [-0.05, 0) is 48.9 Å². The molecule has 1 amide bonds. The SMILES string of the molecule is CCCOc1ccc(Br)cc1/C=C1/SC(=S)N(c2cccc(Br)c2)C1=O. The zero-order chi connectivity index (χ0) is 18.7. The predicted molar refractivity (Wildman–Crippen MR) is 120 cm³/mol. The van der Waals surface area contributed by atoms with Gasteiger partial charge in [0.2, 0.25) is 0 Å². The highest BCUT2D eigenvalue weighted by Crippen LogP contribution is 2.38. The molecule has 0 unspecified atom stereocenters. The molecule has 0 aliphatic carbocycles. The summed E-state index contributed by atoms with van der Waals surface area (Å²) in [7, 11) is 0. The summed E-state index contributed by atoms with van der Waals surface area (Å²) in [5, 5.41) is 0. The number of hydrogen-bond acceptors (Lipinski definition) is 4. The van der Waals surface area contributed by atoms with Gasteiger partial charge in [0.05, 0.1) is 17.2 Å². The van der Waals surface area contributed by atoms with Gasteiger partial charge in [0.25, 0.3) is 5.91 Å². The van der Waals surface area contributed by atoms with Gasteiger partial charge >= 0.3 is 0 Å². The van der Waals surface area contributed by atoms with Gasteiger partial charge in [-0.1, -0.05) is 68.8 Å². The summed E-state index contributed by atoms with van der Waals surface area (Å²) < 4.78 is 8.15. The average molecular weight is 513 g/mol. The minimum Gasteiger partial charge on any atom is -0.493 e. The van der Waals surface area contributed by atoms with E-state index in [1.807, 2.05) is 48.5 Å². The van der Waals surface area contributed by atoms with Crippen LogP contribution in [-0.2, 0) is 4.79 Å². The molecule has 0 saturated carbocycles. The molecule has 2 aromatic carbocycles. The summed E-state index contributed by atoms with van der Waals surface area (Å²) in [6.07, 6.45) is 2.76. The highest BCUT2D eigenvalue weighted by atomic mass is 79.9. The molecule has 1 aliphatic heterocycles. The standard InChI is InChI=1S/C19H15Br2NO2S2/c1-2-8-24-16-7-6-14(21)9-12(16)10-17-18(23)22(19(25)26-17)15-5-3-4-13(20)11-15/h3-7,9-11H,2,8H2,1H3/b17-10+. The van der Waals surface area contributed by atoms with Crippen LogP contribution in [-0.4, -0.2) is 16.8 Å². The Balaban J connectivity index is 1.94. The van der Waals surface area contributed by atoms with E-state index in [-0.39, 0.29) is 5.91 Å². The summed E-state index contributed by atoms with van der Waals surface area (Å²) in [6, 6.07) is 13.3. The van der Waals surface area contributed by atoms with E-state index in [2.05, 4.69) is 38.8 Å². The van der Waals surface area contributed by atoms with Crippen LogP contribution in [0, 0.1) is 0 Å². The zero-order valence-electron chi connectivity index (χ0n) is 13.9. The first-order valence-electron chi connectivity index (χ1n) is 7.95. The third-order valence-electron chi connectivity index (χ3n) is 3.58. The molecule has 134 valence electrons. The Morgan fingerprint density at radius 2 is 1.96 bits per heavy atom. The van der Waals surface area contributed by atoms with Gasteiger partial charge in [-0.2, -0.15) is 0 Å². The molecule has 3 nitrogen and oxygen atoms in total. The Morgan fingerprint density at radius 3 is 2.69 bits per heavy atom. The monoisotopic (exact) mass is 511 g/mol. The van der Waals surface area contributed by atoms with Crippen LogP contribution in [0.15, 0.2) is 56.3 Å². The molecular weight excluding hydrogens is 498 g/mol. The van der Waals surface area contributed by atoms with Crippen LogP contribution < -0.4 is 9.64 Å². The van der Waals surface area contributed by atoms with E-state index in [0.29, 0.717) is 15.8 Å². The van der Waals surface area contributed by atoms with Crippen molar-refractivity contribution in [1.29, 1.82) is 0 Å². The van der Waals surface area contributed by atoms with E-state index in [1.54, 1.807) is 4.90 Å². The first-order chi connectivity index (χ1) is 12.5. The number of amides is 1. The van der Waals surface area contributed by atoms with E-state index in [9.17, 15) is 4.79 Å². The fourth-order valence-electron chi connectivity index (χ4n) is 2.42. The van der Waals surface area contributed by atoms with Crippen LogP contribution in [0.4, 0.5) is 5.69 Å². The molecule has 0 atom stereocenters. The van der Waals surface area contributed by atoms with Crippen LogP contribution >= 0.6 is 55.8 Å². The highest BCUT2D eigenvalue weighted by Gasteiger charge is 2.33. The first kappa shape index (κ1) is 19.6. The Morgan fingerprint density at radius 1 is 1.19 bits per heavy atom. The van der Waals surface area contributed by atoms with Crippen LogP contribution in [0.3, 0.4) is 0 Å². The molecule has 1 saturated heterocycles.